The molecule has 0 spiro atoms. The molecule has 8 nitrogen and oxygen atoms in total. The lowest BCUT2D eigenvalue weighted by Gasteiger charge is -2.31. The fourth-order valence-corrected chi connectivity index (χ4v) is 4.84. The van der Waals surface area contributed by atoms with Gasteiger partial charge in [-0.2, -0.15) is 5.10 Å². The molecule has 5 rings (SSSR count). The summed E-state index contributed by atoms with van der Waals surface area (Å²) >= 11 is 5.25. The molecule has 4 aromatic rings. The molecule has 2 heterocycles. The number of benzene rings is 3. The van der Waals surface area contributed by atoms with Gasteiger partial charge in [-0.3, -0.25) is 19.3 Å². The molecular formula is C31H27N5O3S. The van der Waals surface area contributed by atoms with Gasteiger partial charge >= 0.3 is 0 Å². The van der Waals surface area contributed by atoms with Crippen molar-refractivity contribution in [3.8, 4) is 16.9 Å². The van der Waals surface area contributed by atoms with E-state index in [0.717, 1.165) is 40.0 Å². The van der Waals surface area contributed by atoms with Gasteiger partial charge < -0.3 is 9.88 Å². The van der Waals surface area contributed by atoms with Crippen LogP contribution in [-0.4, -0.2) is 33.6 Å². The third kappa shape index (κ3) is 5.19. The summed E-state index contributed by atoms with van der Waals surface area (Å²) in [6.45, 7) is 5.92. The monoisotopic (exact) mass is 549 g/mol. The predicted octanol–water partition coefficient (Wildman–Crippen LogP) is 4.85. The molecule has 3 amide bonds. The molecule has 1 aromatic heterocycles. The van der Waals surface area contributed by atoms with E-state index in [1.54, 1.807) is 18.2 Å². The van der Waals surface area contributed by atoms with Crippen LogP contribution in [0.4, 0.5) is 5.69 Å². The molecular weight excluding hydrogens is 522 g/mol. The zero-order valence-corrected chi connectivity index (χ0v) is 23.0. The zero-order valence-electron chi connectivity index (χ0n) is 22.2. The maximum atomic E-state index is 13.2. The van der Waals surface area contributed by atoms with Crippen LogP contribution in [0.15, 0.2) is 90.0 Å². The number of anilines is 1. The van der Waals surface area contributed by atoms with Crippen molar-refractivity contribution in [3.05, 3.63) is 107 Å². The van der Waals surface area contributed by atoms with Crippen LogP contribution in [0.25, 0.3) is 16.9 Å². The number of carbonyl (C=O) groups is 3. The van der Waals surface area contributed by atoms with Crippen molar-refractivity contribution in [2.24, 2.45) is 11.0 Å². The van der Waals surface area contributed by atoms with Gasteiger partial charge in [0.1, 0.15) is 0 Å². The predicted molar refractivity (Wildman–Crippen MR) is 160 cm³/mol. The Bertz CT molecular complexity index is 1660. The van der Waals surface area contributed by atoms with E-state index in [0.29, 0.717) is 11.3 Å². The average Bonchev–Trinajstić information content (AvgIpc) is 3.34. The lowest BCUT2D eigenvalue weighted by Crippen LogP contribution is -2.58. The van der Waals surface area contributed by atoms with Gasteiger partial charge in [-0.25, -0.2) is 5.43 Å². The second kappa shape index (κ2) is 11.1. The highest BCUT2D eigenvalue weighted by Crippen LogP contribution is 2.27. The standard InChI is InChI=1S/C31H27N5O3S/c1-19-9-13-25(17-20(19)2)36-30(39)26(29(38)33-31(36)40)18-32-34-28(37)23-11-14-24(15-12-23)35-21(3)10-16-27(35)22-7-5-4-6-8-22/h4-18,26H,1-3H3,(H,34,37)(H,33,38,40)/b32-18-/t26-/m0/s1. The summed E-state index contributed by atoms with van der Waals surface area (Å²) in [6.07, 6.45) is 1.12. The van der Waals surface area contributed by atoms with Crippen LogP contribution in [-0.2, 0) is 9.59 Å². The van der Waals surface area contributed by atoms with Crippen molar-refractivity contribution >= 4 is 47.0 Å². The molecule has 3 aromatic carbocycles. The summed E-state index contributed by atoms with van der Waals surface area (Å²) in [5, 5.41) is 6.46. The van der Waals surface area contributed by atoms with Crippen molar-refractivity contribution in [3.63, 3.8) is 0 Å². The second-order valence-corrected chi connectivity index (χ2v) is 9.93. The quantitative estimate of drug-likeness (QED) is 0.156. The number of hydrogen-bond donors (Lipinski definition) is 2. The fourth-order valence-electron chi connectivity index (χ4n) is 4.54. The van der Waals surface area contributed by atoms with Crippen molar-refractivity contribution in [2.75, 3.05) is 4.90 Å². The molecule has 1 saturated heterocycles. The minimum absolute atomic E-state index is 0.000351. The molecule has 0 radical (unpaired) electrons. The molecule has 0 bridgehead atoms. The molecule has 0 unspecified atom stereocenters. The number of carbonyl (C=O) groups excluding carboxylic acids is 3. The van der Waals surface area contributed by atoms with Crippen molar-refractivity contribution in [2.45, 2.75) is 20.8 Å². The van der Waals surface area contributed by atoms with E-state index in [-0.39, 0.29) is 5.11 Å². The van der Waals surface area contributed by atoms with Crippen molar-refractivity contribution < 1.29 is 14.4 Å². The summed E-state index contributed by atoms with van der Waals surface area (Å²) in [7, 11) is 0. The second-order valence-electron chi connectivity index (χ2n) is 9.54. The fraction of sp³-hybridized carbons (Fsp3) is 0.129. The number of amides is 3. The van der Waals surface area contributed by atoms with Gasteiger partial charge in [-0.15, -0.1) is 0 Å². The first-order chi connectivity index (χ1) is 19.2. The maximum Gasteiger partial charge on any atom is 0.271 e. The first-order valence-electron chi connectivity index (χ1n) is 12.7. The number of aromatic nitrogens is 1. The maximum absolute atomic E-state index is 13.2. The number of aryl methyl sites for hydroxylation is 3. The van der Waals surface area contributed by atoms with Crippen LogP contribution in [0.2, 0.25) is 0 Å². The number of rotatable bonds is 6. The SMILES string of the molecule is Cc1ccc(N2C(=O)[C@@H](/C=N\NC(=O)c3ccc(-n4c(C)ccc4-c4ccccc4)cc3)C(=O)NC2=S)cc1C. The van der Waals surface area contributed by atoms with Crippen LogP contribution in [0, 0.1) is 26.7 Å². The molecule has 1 aliphatic rings. The Labute approximate surface area is 237 Å². The van der Waals surface area contributed by atoms with Crippen molar-refractivity contribution in [1.29, 1.82) is 0 Å². The van der Waals surface area contributed by atoms with Gasteiger partial charge in [-0.05, 0) is 98.2 Å². The molecule has 2 N–H and O–H groups in total. The molecule has 1 fully saturated rings. The van der Waals surface area contributed by atoms with Gasteiger partial charge in [0.2, 0.25) is 5.91 Å². The Morgan fingerprint density at radius 2 is 1.60 bits per heavy atom. The first kappa shape index (κ1) is 26.7. The molecule has 40 heavy (non-hydrogen) atoms. The minimum Gasteiger partial charge on any atom is -0.314 e. The largest absolute Gasteiger partial charge is 0.314 e. The summed E-state index contributed by atoms with van der Waals surface area (Å²) in [5.41, 5.74) is 9.50. The van der Waals surface area contributed by atoms with Gasteiger partial charge in [0.15, 0.2) is 11.0 Å². The van der Waals surface area contributed by atoms with Gasteiger partial charge in [0.05, 0.1) is 11.4 Å². The van der Waals surface area contributed by atoms with Gasteiger partial charge in [-0.1, -0.05) is 36.4 Å². The number of nitrogens with one attached hydrogen (secondary N) is 2. The van der Waals surface area contributed by atoms with E-state index >= 15 is 0 Å². The van der Waals surface area contributed by atoms with E-state index in [4.69, 9.17) is 12.2 Å². The smallest absolute Gasteiger partial charge is 0.271 e. The molecule has 9 heteroatoms. The van der Waals surface area contributed by atoms with Crippen LogP contribution in [0.3, 0.4) is 0 Å². The zero-order chi connectivity index (χ0) is 28.4. The lowest BCUT2D eigenvalue weighted by molar-refractivity contribution is -0.130. The third-order valence-corrected chi connectivity index (χ3v) is 7.16. The number of hydrazone groups is 1. The molecule has 1 atom stereocenters. The Morgan fingerprint density at radius 3 is 2.30 bits per heavy atom. The number of hydrogen-bond acceptors (Lipinski definition) is 5. The highest BCUT2D eigenvalue weighted by Gasteiger charge is 2.38. The average molecular weight is 550 g/mol. The molecule has 0 aliphatic carbocycles. The van der Waals surface area contributed by atoms with Crippen LogP contribution >= 0.6 is 12.2 Å². The lowest BCUT2D eigenvalue weighted by atomic mass is 10.0. The highest BCUT2D eigenvalue weighted by atomic mass is 32.1. The van der Waals surface area contributed by atoms with Crippen LogP contribution < -0.4 is 15.6 Å². The Balaban J connectivity index is 1.29. The molecule has 200 valence electrons. The first-order valence-corrected chi connectivity index (χ1v) is 13.1. The van der Waals surface area contributed by atoms with Gasteiger partial charge in [0.25, 0.3) is 11.8 Å². The van der Waals surface area contributed by atoms with Crippen LogP contribution in [0.1, 0.15) is 27.2 Å². The van der Waals surface area contributed by atoms with Crippen LogP contribution in [0.5, 0.6) is 0 Å². The van der Waals surface area contributed by atoms with E-state index < -0.39 is 23.6 Å². The summed E-state index contributed by atoms with van der Waals surface area (Å²) in [4.78, 5) is 39.7. The summed E-state index contributed by atoms with van der Waals surface area (Å²) in [6, 6.07) is 26.8. The number of thiocarbonyl (C=S) groups is 1. The topological polar surface area (TPSA) is 95.8 Å². The molecule has 0 saturated carbocycles. The summed E-state index contributed by atoms with van der Waals surface area (Å²) < 4.78 is 2.12. The van der Waals surface area contributed by atoms with Gasteiger partial charge in [0, 0.05) is 23.2 Å². The Morgan fingerprint density at radius 1 is 0.900 bits per heavy atom. The number of nitrogens with zero attached hydrogens (tertiary/aromatic N) is 3. The Kier molecular flexibility index (Phi) is 7.39. The molecule has 1 aliphatic heterocycles. The Hall–Kier alpha value is -4.89. The van der Waals surface area contributed by atoms with E-state index in [1.807, 2.05) is 69.3 Å². The minimum atomic E-state index is -1.25. The summed E-state index contributed by atoms with van der Waals surface area (Å²) in [5.74, 6) is -2.87. The van der Waals surface area contributed by atoms with Crippen molar-refractivity contribution in [1.82, 2.24) is 15.3 Å². The van der Waals surface area contributed by atoms with E-state index in [1.165, 1.54) is 4.90 Å². The highest BCUT2D eigenvalue weighted by molar-refractivity contribution is 7.80. The van der Waals surface area contributed by atoms with E-state index in [9.17, 15) is 14.4 Å². The normalized spacial score (nSPS) is 15.4. The van der Waals surface area contributed by atoms with E-state index in [2.05, 4.69) is 38.6 Å². The third-order valence-electron chi connectivity index (χ3n) is 6.87.